The highest BCUT2D eigenvalue weighted by Gasteiger charge is 2.15. The number of hydrogen-bond donors (Lipinski definition) is 1. The van der Waals surface area contributed by atoms with Crippen molar-refractivity contribution in [1.29, 1.82) is 5.26 Å². The van der Waals surface area contributed by atoms with E-state index < -0.39 is 0 Å². The van der Waals surface area contributed by atoms with Gasteiger partial charge in [-0.1, -0.05) is 20.8 Å². The van der Waals surface area contributed by atoms with Crippen LogP contribution in [0.3, 0.4) is 0 Å². The lowest BCUT2D eigenvalue weighted by molar-refractivity contribution is 0.296. The van der Waals surface area contributed by atoms with Crippen molar-refractivity contribution in [3.8, 4) is 6.07 Å². The molecule has 0 radical (unpaired) electrons. The largest absolute Gasteiger partial charge is 0.392 e. The molecule has 0 saturated heterocycles. The van der Waals surface area contributed by atoms with E-state index in [0.717, 1.165) is 5.57 Å². The Bertz CT molecular complexity index is 169. The lowest BCUT2D eigenvalue weighted by Gasteiger charge is -2.19. The summed E-state index contributed by atoms with van der Waals surface area (Å²) in [6.45, 7) is 5.86. The quantitative estimate of drug-likeness (QED) is 0.559. The molecule has 0 atom stereocenters. The van der Waals surface area contributed by atoms with Crippen LogP contribution in [-0.2, 0) is 0 Å². The van der Waals surface area contributed by atoms with Crippen molar-refractivity contribution in [2.75, 3.05) is 6.61 Å². The number of hydrogen-bond acceptors (Lipinski definition) is 2. The Balaban J connectivity index is 4.41. The second kappa shape index (κ2) is 3.38. The zero-order valence-corrected chi connectivity index (χ0v) is 6.68. The molecule has 0 aliphatic carbocycles. The molecule has 2 nitrogen and oxygen atoms in total. The predicted octanol–water partition coefficient (Wildman–Crippen LogP) is 1.47. The number of aliphatic hydroxyl groups excluding tert-OH is 1. The predicted molar refractivity (Wildman–Crippen MR) is 40.2 cm³/mol. The molecule has 0 amide bonds. The monoisotopic (exact) mass is 139 g/mol. The maximum atomic E-state index is 8.77. The number of nitrogens with zero attached hydrogens (tertiary/aromatic N) is 1. The van der Waals surface area contributed by atoms with Gasteiger partial charge in [-0.15, -0.1) is 0 Å². The first kappa shape index (κ1) is 9.19. The van der Waals surface area contributed by atoms with Gasteiger partial charge >= 0.3 is 0 Å². The van der Waals surface area contributed by atoms with Crippen molar-refractivity contribution < 1.29 is 5.11 Å². The zero-order valence-electron chi connectivity index (χ0n) is 6.68. The van der Waals surface area contributed by atoms with Gasteiger partial charge in [0.1, 0.15) is 0 Å². The van der Waals surface area contributed by atoms with E-state index in [1.807, 2.05) is 26.8 Å². The normalized spacial score (nSPS) is 12.9. The van der Waals surface area contributed by atoms with Crippen LogP contribution in [-0.4, -0.2) is 11.7 Å². The summed E-state index contributed by atoms with van der Waals surface area (Å²) in [5, 5.41) is 17.1. The highest BCUT2D eigenvalue weighted by Crippen LogP contribution is 2.23. The Kier molecular flexibility index (Phi) is 3.11. The first-order valence-electron chi connectivity index (χ1n) is 3.22. The summed E-state index contributed by atoms with van der Waals surface area (Å²) in [5.74, 6) is 0. The molecular weight excluding hydrogens is 126 g/mol. The van der Waals surface area contributed by atoms with Crippen molar-refractivity contribution in [1.82, 2.24) is 0 Å². The van der Waals surface area contributed by atoms with Crippen molar-refractivity contribution >= 4 is 0 Å². The molecule has 0 bridgehead atoms. The van der Waals surface area contributed by atoms with Gasteiger partial charge in [-0.3, -0.25) is 0 Å². The van der Waals surface area contributed by atoms with Crippen molar-refractivity contribution in [3.05, 3.63) is 11.6 Å². The van der Waals surface area contributed by atoms with Crippen LogP contribution < -0.4 is 0 Å². The number of nitriles is 1. The van der Waals surface area contributed by atoms with Gasteiger partial charge in [0, 0.05) is 6.08 Å². The third-order valence-electron chi connectivity index (χ3n) is 1.37. The van der Waals surface area contributed by atoms with Gasteiger partial charge in [0.25, 0.3) is 0 Å². The molecule has 1 N–H and O–H groups in total. The second-order valence-electron chi connectivity index (χ2n) is 3.21. The summed E-state index contributed by atoms with van der Waals surface area (Å²) in [6.07, 6.45) is 1.40. The van der Waals surface area contributed by atoms with Crippen LogP contribution >= 0.6 is 0 Å². The maximum absolute atomic E-state index is 8.77. The minimum absolute atomic E-state index is 0.0307. The van der Waals surface area contributed by atoms with Crippen LogP contribution in [0.2, 0.25) is 0 Å². The third kappa shape index (κ3) is 2.65. The van der Waals surface area contributed by atoms with Crippen LogP contribution in [0.5, 0.6) is 0 Å². The van der Waals surface area contributed by atoms with E-state index in [4.69, 9.17) is 10.4 Å². The van der Waals surface area contributed by atoms with Crippen molar-refractivity contribution in [2.45, 2.75) is 20.8 Å². The van der Waals surface area contributed by atoms with Crippen LogP contribution in [0.1, 0.15) is 20.8 Å². The third-order valence-corrected chi connectivity index (χ3v) is 1.37. The Hall–Kier alpha value is -0.810. The van der Waals surface area contributed by atoms with E-state index in [1.165, 1.54) is 6.08 Å². The van der Waals surface area contributed by atoms with Gasteiger partial charge in [-0.05, 0) is 11.0 Å². The molecule has 0 aromatic carbocycles. The number of rotatable bonds is 1. The molecule has 0 rings (SSSR count). The fourth-order valence-corrected chi connectivity index (χ4v) is 0.577. The zero-order chi connectivity index (χ0) is 8.20. The summed E-state index contributed by atoms with van der Waals surface area (Å²) in [4.78, 5) is 0. The van der Waals surface area contributed by atoms with E-state index in [9.17, 15) is 0 Å². The fraction of sp³-hybridized carbons (Fsp3) is 0.625. The first-order valence-corrected chi connectivity index (χ1v) is 3.22. The molecule has 0 aliphatic rings. The van der Waals surface area contributed by atoms with Gasteiger partial charge in [0.2, 0.25) is 0 Å². The van der Waals surface area contributed by atoms with E-state index >= 15 is 0 Å². The van der Waals surface area contributed by atoms with Crippen molar-refractivity contribution in [2.24, 2.45) is 5.41 Å². The van der Waals surface area contributed by atoms with Gasteiger partial charge in [-0.25, -0.2) is 0 Å². The SMILES string of the molecule is CC(C)(C)/C(=C\C#N)CO. The number of aliphatic hydroxyl groups is 1. The molecule has 0 aliphatic heterocycles. The fourth-order valence-electron chi connectivity index (χ4n) is 0.577. The van der Waals surface area contributed by atoms with Crippen LogP contribution in [0.25, 0.3) is 0 Å². The molecule has 0 fully saturated rings. The summed E-state index contributed by atoms with van der Waals surface area (Å²) in [5.41, 5.74) is 0.680. The maximum Gasteiger partial charge on any atom is 0.0912 e. The minimum atomic E-state index is -0.0928. The lowest BCUT2D eigenvalue weighted by atomic mass is 9.87. The summed E-state index contributed by atoms with van der Waals surface area (Å²) in [6, 6.07) is 1.90. The van der Waals surface area contributed by atoms with Gasteiger partial charge in [0.15, 0.2) is 0 Å². The van der Waals surface area contributed by atoms with E-state index in [1.54, 1.807) is 0 Å². The standard InChI is InChI=1S/C8H13NO/c1-8(2,3)7(6-10)4-5-9/h4,10H,6H2,1-3H3/b7-4-. The molecule has 0 heterocycles. The number of allylic oxidation sites excluding steroid dienone is 1. The van der Waals surface area contributed by atoms with Crippen molar-refractivity contribution in [3.63, 3.8) is 0 Å². The van der Waals surface area contributed by atoms with Gasteiger partial charge in [0.05, 0.1) is 12.7 Å². The molecular formula is C8H13NO. The highest BCUT2D eigenvalue weighted by atomic mass is 16.3. The Morgan fingerprint density at radius 2 is 2.10 bits per heavy atom. The molecule has 0 saturated carbocycles. The summed E-state index contributed by atoms with van der Waals surface area (Å²) >= 11 is 0. The molecule has 2 heteroatoms. The molecule has 56 valence electrons. The van der Waals surface area contributed by atoms with Gasteiger partial charge < -0.3 is 5.11 Å². The Morgan fingerprint density at radius 3 is 2.20 bits per heavy atom. The lowest BCUT2D eigenvalue weighted by Crippen LogP contribution is -2.12. The Morgan fingerprint density at radius 1 is 1.60 bits per heavy atom. The molecule has 10 heavy (non-hydrogen) atoms. The topological polar surface area (TPSA) is 44.0 Å². The van der Waals surface area contributed by atoms with Gasteiger partial charge in [-0.2, -0.15) is 5.26 Å². The van der Waals surface area contributed by atoms with E-state index in [2.05, 4.69) is 0 Å². The van der Waals surface area contributed by atoms with Crippen LogP contribution in [0.15, 0.2) is 11.6 Å². The average Bonchev–Trinajstić information content (AvgIpc) is 1.80. The molecule has 0 aromatic heterocycles. The average molecular weight is 139 g/mol. The molecule has 0 unspecified atom stereocenters. The summed E-state index contributed by atoms with van der Waals surface area (Å²) in [7, 11) is 0. The van der Waals surface area contributed by atoms with Crippen LogP contribution in [0, 0.1) is 16.7 Å². The van der Waals surface area contributed by atoms with Crippen LogP contribution in [0.4, 0.5) is 0 Å². The minimum Gasteiger partial charge on any atom is -0.392 e. The highest BCUT2D eigenvalue weighted by molar-refractivity contribution is 5.19. The first-order chi connectivity index (χ1) is 4.52. The molecule has 0 aromatic rings. The second-order valence-corrected chi connectivity index (χ2v) is 3.21. The smallest absolute Gasteiger partial charge is 0.0912 e. The molecule has 0 spiro atoms. The Labute approximate surface area is 61.8 Å². The van der Waals surface area contributed by atoms with E-state index in [-0.39, 0.29) is 12.0 Å². The van der Waals surface area contributed by atoms with E-state index in [0.29, 0.717) is 0 Å². The summed E-state index contributed by atoms with van der Waals surface area (Å²) < 4.78 is 0.